The van der Waals surface area contributed by atoms with Crippen LogP contribution in [0.15, 0.2) is 24.5 Å². The summed E-state index contributed by atoms with van der Waals surface area (Å²) in [5.41, 5.74) is 1.29. The van der Waals surface area contributed by atoms with Gasteiger partial charge in [-0.3, -0.25) is 9.88 Å². The monoisotopic (exact) mass is 234 g/mol. The molecule has 0 bridgehead atoms. The molecule has 17 heavy (non-hydrogen) atoms. The van der Waals surface area contributed by atoms with Gasteiger partial charge in [-0.1, -0.05) is 13.0 Å². The highest BCUT2D eigenvalue weighted by Gasteiger charge is 2.18. The van der Waals surface area contributed by atoms with E-state index in [9.17, 15) is 0 Å². The Bertz CT molecular complexity index is 309. The Morgan fingerprint density at radius 1 is 1.53 bits per heavy atom. The largest absolute Gasteiger partial charge is 0.377 e. The SMILES string of the molecule is CCCN(Cc1cccnc1)C[C@H]1CCCO1. The first kappa shape index (κ1) is 12.5. The Hall–Kier alpha value is -0.930. The molecule has 2 rings (SSSR count). The van der Waals surface area contributed by atoms with Crippen LogP contribution in [0, 0.1) is 0 Å². The van der Waals surface area contributed by atoms with Crippen LogP contribution in [0.4, 0.5) is 0 Å². The smallest absolute Gasteiger partial charge is 0.0702 e. The van der Waals surface area contributed by atoms with Crippen LogP contribution >= 0.6 is 0 Å². The average Bonchev–Trinajstić information content (AvgIpc) is 2.83. The predicted octanol–water partition coefficient (Wildman–Crippen LogP) is 2.47. The van der Waals surface area contributed by atoms with Gasteiger partial charge in [0.05, 0.1) is 6.10 Å². The van der Waals surface area contributed by atoms with Crippen molar-refractivity contribution < 1.29 is 4.74 Å². The first-order valence-corrected chi connectivity index (χ1v) is 6.61. The van der Waals surface area contributed by atoms with E-state index in [4.69, 9.17) is 4.74 Å². The van der Waals surface area contributed by atoms with Crippen molar-refractivity contribution in [2.45, 2.75) is 38.8 Å². The van der Waals surface area contributed by atoms with Gasteiger partial charge in [-0.05, 0) is 37.4 Å². The van der Waals surface area contributed by atoms with Gasteiger partial charge < -0.3 is 4.74 Å². The van der Waals surface area contributed by atoms with Crippen LogP contribution in [0.1, 0.15) is 31.7 Å². The van der Waals surface area contributed by atoms with E-state index in [0.29, 0.717) is 6.10 Å². The zero-order chi connectivity index (χ0) is 11.9. The van der Waals surface area contributed by atoms with Crippen LogP contribution in [-0.4, -0.2) is 35.7 Å². The summed E-state index contributed by atoms with van der Waals surface area (Å²) in [4.78, 5) is 6.65. The maximum atomic E-state index is 5.71. The van der Waals surface area contributed by atoms with Crippen molar-refractivity contribution in [2.75, 3.05) is 19.7 Å². The fraction of sp³-hybridized carbons (Fsp3) is 0.643. The van der Waals surface area contributed by atoms with E-state index in [1.54, 1.807) is 0 Å². The van der Waals surface area contributed by atoms with E-state index in [2.05, 4.69) is 22.9 Å². The van der Waals surface area contributed by atoms with E-state index < -0.39 is 0 Å². The topological polar surface area (TPSA) is 25.4 Å². The summed E-state index contributed by atoms with van der Waals surface area (Å²) in [6, 6.07) is 4.15. The van der Waals surface area contributed by atoms with Crippen LogP contribution in [0.25, 0.3) is 0 Å². The van der Waals surface area contributed by atoms with Crippen molar-refractivity contribution in [1.82, 2.24) is 9.88 Å². The maximum Gasteiger partial charge on any atom is 0.0702 e. The summed E-state index contributed by atoms with van der Waals surface area (Å²) >= 11 is 0. The highest BCUT2D eigenvalue weighted by Crippen LogP contribution is 2.15. The number of rotatable bonds is 6. The van der Waals surface area contributed by atoms with Gasteiger partial charge >= 0.3 is 0 Å². The van der Waals surface area contributed by atoms with Gasteiger partial charge in [-0.2, -0.15) is 0 Å². The first-order chi connectivity index (χ1) is 8.38. The second kappa shape index (κ2) is 6.72. The summed E-state index contributed by atoms with van der Waals surface area (Å²) in [5, 5.41) is 0. The van der Waals surface area contributed by atoms with Crippen LogP contribution in [0.5, 0.6) is 0 Å². The minimum absolute atomic E-state index is 0.443. The molecular formula is C14H22N2O. The summed E-state index contributed by atoms with van der Waals surface area (Å²) in [7, 11) is 0. The second-order valence-corrected chi connectivity index (χ2v) is 4.73. The summed E-state index contributed by atoms with van der Waals surface area (Å²) in [6.45, 7) is 6.35. The van der Waals surface area contributed by atoms with Crippen molar-refractivity contribution >= 4 is 0 Å². The summed E-state index contributed by atoms with van der Waals surface area (Å²) in [6.07, 6.45) is 7.85. The Labute approximate surface area is 104 Å². The highest BCUT2D eigenvalue weighted by molar-refractivity contribution is 5.08. The van der Waals surface area contributed by atoms with E-state index in [0.717, 1.165) is 26.2 Å². The van der Waals surface area contributed by atoms with Crippen LogP contribution in [0.2, 0.25) is 0 Å². The molecule has 1 atom stereocenters. The Balaban J connectivity index is 1.87. The molecule has 0 saturated carbocycles. The summed E-state index contributed by atoms with van der Waals surface area (Å²) in [5.74, 6) is 0. The molecular weight excluding hydrogens is 212 g/mol. The minimum Gasteiger partial charge on any atom is -0.377 e. The zero-order valence-electron chi connectivity index (χ0n) is 10.6. The minimum atomic E-state index is 0.443. The second-order valence-electron chi connectivity index (χ2n) is 4.73. The van der Waals surface area contributed by atoms with Gasteiger partial charge in [0.15, 0.2) is 0 Å². The molecule has 1 aliphatic rings. The first-order valence-electron chi connectivity index (χ1n) is 6.61. The number of nitrogens with zero attached hydrogens (tertiary/aromatic N) is 2. The lowest BCUT2D eigenvalue weighted by Gasteiger charge is -2.24. The molecule has 1 aromatic rings. The third-order valence-corrected chi connectivity index (χ3v) is 3.15. The zero-order valence-corrected chi connectivity index (χ0v) is 10.6. The Kier molecular flexibility index (Phi) is 4.95. The van der Waals surface area contributed by atoms with Crippen molar-refractivity contribution in [1.29, 1.82) is 0 Å². The lowest BCUT2D eigenvalue weighted by molar-refractivity contribution is 0.0706. The number of aromatic nitrogens is 1. The van der Waals surface area contributed by atoms with Crippen molar-refractivity contribution in [3.8, 4) is 0 Å². The van der Waals surface area contributed by atoms with Crippen molar-refractivity contribution in [3.63, 3.8) is 0 Å². The average molecular weight is 234 g/mol. The maximum absolute atomic E-state index is 5.71. The van der Waals surface area contributed by atoms with Gasteiger partial charge in [0.25, 0.3) is 0 Å². The fourth-order valence-corrected chi connectivity index (χ4v) is 2.38. The third-order valence-electron chi connectivity index (χ3n) is 3.15. The molecule has 3 nitrogen and oxygen atoms in total. The molecule has 1 aliphatic heterocycles. The van der Waals surface area contributed by atoms with E-state index >= 15 is 0 Å². The number of hydrogen-bond donors (Lipinski definition) is 0. The summed E-state index contributed by atoms with van der Waals surface area (Å²) < 4.78 is 5.71. The number of ether oxygens (including phenoxy) is 1. The molecule has 0 radical (unpaired) electrons. The lowest BCUT2D eigenvalue weighted by atomic mass is 10.2. The van der Waals surface area contributed by atoms with Crippen molar-refractivity contribution in [3.05, 3.63) is 30.1 Å². The Morgan fingerprint density at radius 3 is 3.12 bits per heavy atom. The van der Waals surface area contributed by atoms with Crippen LogP contribution in [-0.2, 0) is 11.3 Å². The molecule has 0 spiro atoms. The molecule has 1 fully saturated rings. The predicted molar refractivity (Wildman–Crippen MR) is 68.8 cm³/mol. The normalized spacial score (nSPS) is 20.0. The molecule has 2 heterocycles. The molecule has 94 valence electrons. The van der Waals surface area contributed by atoms with Crippen molar-refractivity contribution in [2.24, 2.45) is 0 Å². The van der Waals surface area contributed by atoms with Gasteiger partial charge in [0.2, 0.25) is 0 Å². The van der Waals surface area contributed by atoms with Gasteiger partial charge in [-0.15, -0.1) is 0 Å². The standard InChI is InChI=1S/C14H22N2O/c1-2-8-16(12-14-6-4-9-17-14)11-13-5-3-7-15-10-13/h3,5,7,10,14H,2,4,6,8-9,11-12H2,1H3/t14-/m1/s1. The molecule has 3 heteroatoms. The Morgan fingerprint density at radius 2 is 2.47 bits per heavy atom. The fourth-order valence-electron chi connectivity index (χ4n) is 2.38. The molecule has 0 amide bonds. The lowest BCUT2D eigenvalue weighted by Crippen LogP contribution is -2.32. The third kappa shape index (κ3) is 4.10. The van der Waals surface area contributed by atoms with Gasteiger partial charge in [-0.25, -0.2) is 0 Å². The van der Waals surface area contributed by atoms with Crippen LogP contribution in [0.3, 0.4) is 0 Å². The number of pyridine rings is 1. The molecule has 1 saturated heterocycles. The van der Waals surface area contributed by atoms with E-state index in [-0.39, 0.29) is 0 Å². The molecule has 1 aromatic heterocycles. The van der Waals surface area contributed by atoms with Gasteiger partial charge in [0.1, 0.15) is 0 Å². The molecule has 0 aromatic carbocycles. The highest BCUT2D eigenvalue weighted by atomic mass is 16.5. The molecule has 0 unspecified atom stereocenters. The number of hydrogen-bond acceptors (Lipinski definition) is 3. The van der Waals surface area contributed by atoms with E-state index in [1.165, 1.54) is 24.8 Å². The van der Waals surface area contributed by atoms with E-state index in [1.807, 2.05) is 18.5 Å². The van der Waals surface area contributed by atoms with Gasteiger partial charge in [0, 0.05) is 32.1 Å². The quantitative estimate of drug-likeness (QED) is 0.756. The molecule has 0 N–H and O–H groups in total. The van der Waals surface area contributed by atoms with Crippen LogP contribution < -0.4 is 0 Å². The molecule has 0 aliphatic carbocycles.